The number of benzene rings is 1. The van der Waals surface area contributed by atoms with Crippen LogP contribution in [-0.2, 0) is 0 Å². The lowest BCUT2D eigenvalue weighted by Crippen LogP contribution is -2.34. The average molecular weight is 231 g/mol. The number of hydrogen-bond acceptors (Lipinski definition) is 2. The number of rotatable bonds is 5. The van der Waals surface area contributed by atoms with Crippen molar-refractivity contribution in [3.8, 4) is 5.75 Å². The van der Waals surface area contributed by atoms with Crippen molar-refractivity contribution >= 4 is 0 Å². The minimum absolute atomic E-state index is 0.0984. The molecule has 0 saturated heterocycles. The maximum atomic E-state index is 6.24. The van der Waals surface area contributed by atoms with Crippen molar-refractivity contribution in [1.29, 1.82) is 0 Å². The van der Waals surface area contributed by atoms with Crippen LogP contribution in [0, 0.1) is 13.8 Å². The van der Waals surface area contributed by atoms with E-state index >= 15 is 0 Å². The summed E-state index contributed by atoms with van der Waals surface area (Å²) in [4.78, 5) is 0. The van der Waals surface area contributed by atoms with Gasteiger partial charge in [0.25, 0.3) is 0 Å². The van der Waals surface area contributed by atoms with Crippen LogP contribution in [-0.4, -0.2) is 18.2 Å². The average Bonchev–Trinajstić information content (AvgIpc) is 3.16. The van der Waals surface area contributed by atoms with E-state index < -0.39 is 0 Å². The smallest absolute Gasteiger partial charge is 0.123 e. The molecule has 92 valence electrons. The van der Waals surface area contributed by atoms with Crippen molar-refractivity contribution in [3.05, 3.63) is 29.3 Å². The molecular weight excluding hydrogens is 210 g/mol. The molecule has 0 atom stereocenters. The second-order valence-electron chi connectivity index (χ2n) is 5.71. The predicted molar refractivity (Wildman–Crippen MR) is 69.5 cm³/mol. The monoisotopic (exact) mass is 231 g/mol. The maximum absolute atomic E-state index is 6.24. The van der Waals surface area contributed by atoms with Gasteiger partial charge in [0.1, 0.15) is 11.4 Å². The Labute approximate surface area is 103 Å². The summed E-state index contributed by atoms with van der Waals surface area (Å²) in [7, 11) is 0. The van der Waals surface area contributed by atoms with E-state index in [2.05, 4.69) is 37.4 Å². The quantitative estimate of drug-likeness (QED) is 0.841. The van der Waals surface area contributed by atoms with Gasteiger partial charge in [-0.2, -0.15) is 0 Å². The normalized spacial score (nSPS) is 21.3. The van der Waals surface area contributed by atoms with Crippen molar-refractivity contribution in [3.63, 3.8) is 0 Å². The van der Waals surface area contributed by atoms with Gasteiger partial charge in [0.15, 0.2) is 0 Å². The van der Waals surface area contributed by atoms with Gasteiger partial charge in [0.05, 0.1) is 0 Å². The molecule has 2 aliphatic carbocycles. The molecule has 1 aromatic carbocycles. The molecule has 2 nitrogen and oxygen atoms in total. The SMILES string of the molecule is Cc1ccc(C)c(OC2(CNC3CC3)CC2)c1. The number of ether oxygens (including phenoxy) is 1. The topological polar surface area (TPSA) is 21.3 Å². The molecular formula is C15H21NO. The molecule has 3 rings (SSSR count). The van der Waals surface area contributed by atoms with E-state index in [0.29, 0.717) is 0 Å². The molecule has 2 heteroatoms. The molecule has 0 amide bonds. The highest BCUT2D eigenvalue weighted by Gasteiger charge is 2.46. The second-order valence-corrected chi connectivity index (χ2v) is 5.71. The van der Waals surface area contributed by atoms with Crippen molar-refractivity contribution in [2.75, 3.05) is 6.54 Å². The lowest BCUT2D eigenvalue weighted by atomic mass is 10.1. The zero-order valence-electron chi connectivity index (χ0n) is 10.8. The third kappa shape index (κ3) is 2.63. The molecule has 0 aromatic heterocycles. The number of aryl methyl sites for hydroxylation is 2. The molecule has 2 fully saturated rings. The highest BCUT2D eigenvalue weighted by atomic mass is 16.5. The first kappa shape index (κ1) is 11.1. The van der Waals surface area contributed by atoms with Crippen LogP contribution in [0.15, 0.2) is 18.2 Å². The highest BCUT2D eigenvalue weighted by Crippen LogP contribution is 2.41. The molecule has 0 heterocycles. The van der Waals surface area contributed by atoms with Crippen molar-refractivity contribution in [1.82, 2.24) is 5.32 Å². The van der Waals surface area contributed by atoms with Gasteiger partial charge in [-0.25, -0.2) is 0 Å². The summed E-state index contributed by atoms with van der Waals surface area (Å²) in [5.74, 6) is 1.07. The van der Waals surface area contributed by atoms with Gasteiger partial charge in [0.2, 0.25) is 0 Å². The Bertz CT molecular complexity index is 419. The summed E-state index contributed by atoms with van der Waals surface area (Å²) < 4.78 is 6.24. The van der Waals surface area contributed by atoms with Gasteiger partial charge in [-0.3, -0.25) is 0 Å². The summed E-state index contributed by atoms with van der Waals surface area (Å²) in [6.07, 6.45) is 5.08. The third-order valence-electron chi connectivity index (χ3n) is 3.77. The summed E-state index contributed by atoms with van der Waals surface area (Å²) in [5, 5.41) is 3.59. The molecule has 2 saturated carbocycles. The van der Waals surface area contributed by atoms with Crippen LogP contribution < -0.4 is 10.1 Å². The Morgan fingerprint density at radius 1 is 1.29 bits per heavy atom. The highest BCUT2D eigenvalue weighted by molar-refractivity contribution is 5.37. The summed E-state index contributed by atoms with van der Waals surface area (Å²) in [5.41, 5.74) is 2.62. The fraction of sp³-hybridized carbons (Fsp3) is 0.600. The minimum Gasteiger partial charge on any atom is -0.486 e. The molecule has 0 radical (unpaired) electrons. The van der Waals surface area contributed by atoms with Crippen LogP contribution in [0.1, 0.15) is 36.8 Å². The van der Waals surface area contributed by atoms with Crippen LogP contribution in [0.4, 0.5) is 0 Å². The first-order valence-corrected chi connectivity index (χ1v) is 6.67. The van der Waals surface area contributed by atoms with E-state index in [9.17, 15) is 0 Å². The molecule has 0 bridgehead atoms. The molecule has 1 N–H and O–H groups in total. The first-order chi connectivity index (χ1) is 8.17. The van der Waals surface area contributed by atoms with Crippen LogP contribution in [0.5, 0.6) is 5.75 Å². The van der Waals surface area contributed by atoms with Crippen molar-refractivity contribution < 1.29 is 4.74 Å². The van der Waals surface area contributed by atoms with Gasteiger partial charge >= 0.3 is 0 Å². The van der Waals surface area contributed by atoms with Gasteiger partial charge < -0.3 is 10.1 Å². The van der Waals surface area contributed by atoms with E-state index in [-0.39, 0.29) is 5.60 Å². The van der Waals surface area contributed by atoms with Gasteiger partial charge in [-0.1, -0.05) is 12.1 Å². The molecule has 0 unspecified atom stereocenters. The van der Waals surface area contributed by atoms with E-state index in [0.717, 1.165) is 18.3 Å². The fourth-order valence-corrected chi connectivity index (χ4v) is 2.12. The largest absolute Gasteiger partial charge is 0.486 e. The van der Waals surface area contributed by atoms with Crippen LogP contribution >= 0.6 is 0 Å². The van der Waals surface area contributed by atoms with E-state index in [4.69, 9.17) is 4.74 Å². The summed E-state index contributed by atoms with van der Waals surface area (Å²) in [6.45, 7) is 5.26. The maximum Gasteiger partial charge on any atom is 0.123 e. The Balaban J connectivity index is 1.66. The predicted octanol–water partition coefficient (Wildman–Crippen LogP) is 2.97. The molecule has 0 spiro atoms. The van der Waals surface area contributed by atoms with Crippen LogP contribution in [0.3, 0.4) is 0 Å². The fourth-order valence-electron chi connectivity index (χ4n) is 2.12. The lowest BCUT2D eigenvalue weighted by Gasteiger charge is -2.20. The van der Waals surface area contributed by atoms with Gasteiger partial charge in [-0.05, 0) is 56.7 Å². The molecule has 2 aliphatic rings. The minimum atomic E-state index is 0.0984. The van der Waals surface area contributed by atoms with Gasteiger partial charge in [-0.15, -0.1) is 0 Å². The second kappa shape index (κ2) is 4.02. The standard InChI is InChI=1S/C15H21NO/c1-11-3-4-12(2)14(9-11)17-15(7-8-15)10-16-13-5-6-13/h3-4,9,13,16H,5-8,10H2,1-2H3. The van der Waals surface area contributed by atoms with Crippen LogP contribution in [0.25, 0.3) is 0 Å². The van der Waals surface area contributed by atoms with E-state index in [1.54, 1.807) is 0 Å². The molecule has 0 aliphatic heterocycles. The van der Waals surface area contributed by atoms with Gasteiger partial charge in [0, 0.05) is 12.6 Å². The van der Waals surface area contributed by atoms with Crippen LogP contribution in [0.2, 0.25) is 0 Å². The summed E-state index contributed by atoms with van der Waals surface area (Å²) in [6, 6.07) is 7.22. The summed E-state index contributed by atoms with van der Waals surface area (Å²) >= 11 is 0. The van der Waals surface area contributed by atoms with E-state index in [1.165, 1.54) is 36.8 Å². The van der Waals surface area contributed by atoms with Crippen molar-refractivity contribution in [2.45, 2.75) is 51.2 Å². The number of hydrogen-bond donors (Lipinski definition) is 1. The number of nitrogens with one attached hydrogen (secondary N) is 1. The Morgan fingerprint density at radius 2 is 2.06 bits per heavy atom. The first-order valence-electron chi connectivity index (χ1n) is 6.67. The Kier molecular flexibility index (Phi) is 2.62. The third-order valence-corrected chi connectivity index (χ3v) is 3.77. The molecule has 17 heavy (non-hydrogen) atoms. The zero-order chi connectivity index (χ0) is 11.9. The van der Waals surface area contributed by atoms with Crippen molar-refractivity contribution in [2.24, 2.45) is 0 Å². The molecule has 1 aromatic rings. The Morgan fingerprint density at radius 3 is 2.71 bits per heavy atom. The zero-order valence-corrected chi connectivity index (χ0v) is 10.8. The lowest BCUT2D eigenvalue weighted by molar-refractivity contribution is 0.173. The Hall–Kier alpha value is -1.02. The van der Waals surface area contributed by atoms with E-state index in [1.807, 2.05) is 0 Å².